The first-order valence-electron chi connectivity index (χ1n) is 8.95. The Kier molecular flexibility index (Phi) is 7.98. The number of carbonyl (C=O) groups is 3. The van der Waals surface area contributed by atoms with Crippen molar-refractivity contribution in [1.82, 2.24) is 10.7 Å². The second-order valence-electron chi connectivity index (χ2n) is 6.28. The van der Waals surface area contributed by atoms with Crippen LogP contribution in [0, 0.1) is 0 Å². The Morgan fingerprint density at radius 3 is 2.53 bits per heavy atom. The Labute approximate surface area is 173 Å². The summed E-state index contributed by atoms with van der Waals surface area (Å²) in [6.45, 7) is 3.56. The van der Waals surface area contributed by atoms with Gasteiger partial charge in [-0.2, -0.15) is 5.10 Å². The van der Waals surface area contributed by atoms with Gasteiger partial charge in [-0.05, 0) is 49.7 Å². The molecule has 1 aromatic heterocycles. The zero-order valence-corrected chi connectivity index (χ0v) is 17.1. The molecular weight excluding hydrogens is 394 g/mol. The molecule has 0 saturated heterocycles. The Bertz CT molecular complexity index is 934. The molecule has 0 spiro atoms. The highest BCUT2D eigenvalue weighted by atomic mass is 16.5. The monoisotopic (exact) mass is 417 g/mol. The van der Waals surface area contributed by atoms with E-state index in [0.717, 1.165) is 0 Å². The Morgan fingerprint density at radius 2 is 1.87 bits per heavy atom. The van der Waals surface area contributed by atoms with Crippen LogP contribution in [0.15, 0.2) is 39.9 Å². The van der Waals surface area contributed by atoms with Crippen molar-refractivity contribution < 1.29 is 33.0 Å². The highest BCUT2D eigenvalue weighted by Crippen LogP contribution is 2.28. The lowest BCUT2D eigenvalue weighted by Crippen LogP contribution is -2.41. The lowest BCUT2D eigenvalue weighted by atomic mass is 10.2. The predicted molar refractivity (Wildman–Crippen MR) is 106 cm³/mol. The summed E-state index contributed by atoms with van der Waals surface area (Å²) < 4.78 is 20.9. The van der Waals surface area contributed by atoms with Crippen molar-refractivity contribution in [3.63, 3.8) is 0 Å². The Balaban J connectivity index is 1.97. The summed E-state index contributed by atoms with van der Waals surface area (Å²) in [6, 6.07) is 7.93. The molecule has 0 aliphatic heterocycles. The second-order valence-corrected chi connectivity index (χ2v) is 6.28. The summed E-state index contributed by atoms with van der Waals surface area (Å²) in [5.74, 6) is -0.831. The number of esters is 1. The number of furan rings is 1. The normalized spacial score (nSPS) is 10.7. The number of hydrogen-bond acceptors (Lipinski definition) is 8. The SMILES string of the molecule is COC(=O)c1ccc(COc2ccc(/C=N\NC(=O)C(=O)NC(C)C)cc2OC)o1. The molecule has 30 heavy (non-hydrogen) atoms. The number of hydrogen-bond donors (Lipinski definition) is 2. The standard InChI is InChI=1S/C20H23N3O7/c1-12(2)22-18(24)19(25)23-21-10-13-5-7-15(17(9-13)27-3)29-11-14-6-8-16(30-14)20(26)28-4/h5-10,12H,11H2,1-4H3,(H,22,24)(H,23,25)/b21-10-. The molecule has 0 aliphatic carbocycles. The van der Waals surface area contributed by atoms with Gasteiger partial charge in [0, 0.05) is 6.04 Å². The van der Waals surface area contributed by atoms with Gasteiger partial charge in [0.05, 0.1) is 20.4 Å². The van der Waals surface area contributed by atoms with E-state index in [2.05, 4.69) is 20.6 Å². The summed E-state index contributed by atoms with van der Waals surface area (Å²) in [5, 5.41) is 6.22. The van der Waals surface area contributed by atoms with Gasteiger partial charge in [0.1, 0.15) is 12.4 Å². The van der Waals surface area contributed by atoms with Crippen LogP contribution in [0.25, 0.3) is 0 Å². The van der Waals surface area contributed by atoms with Gasteiger partial charge in [0.25, 0.3) is 0 Å². The highest BCUT2D eigenvalue weighted by molar-refractivity contribution is 6.35. The van der Waals surface area contributed by atoms with Crippen molar-refractivity contribution in [1.29, 1.82) is 0 Å². The third-order valence-corrected chi connectivity index (χ3v) is 3.61. The van der Waals surface area contributed by atoms with Crippen LogP contribution in [-0.4, -0.2) is 44.3 Å². The first-order valence-corrected chi connectivity index (χ1v) is 8.95. The van der Waals surface area contributed by atoms with Crippen LogP contribution >= 0.6 is 0 Å². The quantitative estimate of drug-likeness (QED) is 0.289. The van der Waals surface area contributed by atoms with Crippen molar-refractivity contribution in [2.45, 2.75) is 26.5 Å². The molecule has 2 rings (SSSR count). The van der Waals surface area contributed by atoms with Gasteiger partial charge >= 0.3 is 17.8 Å². The molecule has 0 aliphatic rings. The van der Waals surface area contributed by atoms with E-state index >= 15 is 0 Å². The second kappa shape index (κ2) is 10.6. The van der Waals surface area contributed by atoms with E-state index in [-0.39, 0.29) is 18.4 Å². The third kappa shape index (κ3) is 6.36. The molecule has 10 nitrogen and oxygen atoms in total. The molecule has 2 amide bonds. The minimum Gasteiger partial charge on any atom is -0.493 e. The maximum atomic E-state index is 11.6. The van der Waals surface area contributed by atoms with E-state index in [4.69, 9.17) is 13.9 Å². The Morgan fingerprint density at radius 1 is 1.10 bits per heavy atom. The largest absolute Gasteiger partial charge is 0.493 e. The van der Waals surface area contributed by atoms with E-state index in [0.29, 0.717) is 22.8 Å². The number of nitrogens with zero attached hydrogens (tertiary/aromatic N) is 1. The van der Waals surface area contributed by atoms with Crippen LogP contribution in [0.2, 0.25) is 0 Å². The van der Waals surface area contributed by atoms with Crippen molar-refractivity contribution in [3.05, 3.63) is 47.4 Å². The van der Waals surface area contributed by atoms with Crippen LogP contribution in [-0.2, 0) is 20.9 Å². The van der Waals surface area contributed by atoms with Gasteiger partial charge in [-0.15, -0.1) is 0 Å². The van der Waals surface area contributed by atoms with Gasteiger partial charge in [0.2, 0.25) is 5.76 Å². The fourth-order valence-corrected chi connectivity index (χ4v) is 2.24. The lowest BCUT2D eigenvalue weighted by molar-refractivity contribution is -0.139. The maximum absolute atomic E-state index is 11.6. The summed E-state index contributed by atoms with van der Waals surface area (Å²) in [7, 11) is 2.74. The first kappa shape index (κ1) is 22.5. The summed E-state index contributed by atoms with van der Waals surface area (Å²) in [6.07, 6.45) is 1.36. The first-order chi connectivity index (χ1) is 14.3. The van der Waals surface area contributed by atoms with E-state index < -0.39 is 17.8 Å². The maximum Gasteiger partial charge on any atom is 0.373 e. The van der Waals surface area contributed by atoms with Crippen molar-refractivity contribution in [2.75, 3.05) is 14.2 Å². The molecule has 160 valence electrons. The predicted octanol–water partition coefficient (Wildman–Crippen LogP) is 1.63. The molecule has 10 heteroatoms. The third-order valence-electron chi connectivity index (χ3n) is 3.61. The van der Waals surface area contributed by atoms with Gasteiger partial charge in [-0.1, -0.05) is 0 Å². The van der Waals surface area contributed by atoms with Crippen LogP contribution in [0.5, 0.6) is 11.5 Å². The summed E-state index contributed by atoms with van der Waals surface area (Å²) in [5.41, 5.74) is 2.75. The van der Waals surface area contributed by atoms with Crippen molar-refractivity contribution in [2.24, 2.45) is 5.10 Å². The molecule has 2 N–H and O–H groups in total. The zero-order valence-electron chi connectivity index (χ0n) is 17.1. The molecule has 0 unspecified atom stereocenters. The number of rotatable bonds is 8. The van der Waals surface area contributed by atoms with Gasteiger partial charge < -0.3 is 23.9 Å². The molecule has 0 fully saturated rings. The number of methoxy groups -OCH3 is 2. The fraction of sp³-hybridized carbons (Fsp3) is 0.300. The van der Waals surface area contributed by atoms with Crippen molar-refractivity contribution >= 4 is 24.0 Å². The van der Waals surface area contributed by atoms with Crippen LogP contribution < -0.4 is 20.2 Å². The molecule has 2 aromatic rings. The Hall–Kier alpha value is -3.82. The van der Waals surface area contributed by atoms with E-state index in [1.165, 1.54) is 26.5 Å². The minimum atomic E-state index is -0.864. The van der Waals surface area contributed by atoms with E-state index in [1.807, 2.05) is 0 Å². The zero-order chi connectivity index (χ0) is 22.1. The average Bonchev–Trinajstić information content (AvgIpc) is 3.20. The molecule has 0 radical (unpaired) electrons. The van der Waals surface area contributed by atoms with Crippen LogP contribution in [0.1, 0.15) is 35.7 Å². The van der Waals surface area contributed by atoms with Crippen molar-refractivity contribution in [3.8, 4) is 11.5 Å². The molecule has 0 atom stereocenters. The molecule has 0 saturated carbocycles. The topological polar surface area (TPSA) is 128 Å². The van der Waals surface area contributed by atoms with Gasteiger partial charge in [0.15, 0.2) is 11.5 Å². The summed E-state index contributed by atoms with van der Waals surface area (Å²) >= 11 is 0. The van der Waals surface area contributed by atoms with E-state index in [1.54, 1.807) is 38.1 Å². The number of carbonyl (C=O) groups excluding carboxylic acids is 3. The molecule has 0 bridgehead atoms. The van der Waals surface area contributed by atoms with E-state index in [9.17, 15) is 14.4 Å². The van der Waals surface area contributed by atoms with Gasteiger partial charge in [-0.3, -0.25) is 9.59 Å². The lowest BCUT2D eigenvalue weighted by Gasteiger charge is -2.10. The number of hydrazone groups is 1. The number of nitrogens with one attached hydrogen (secondary N) is 2. The fourth-order valence-electron chi connectivity index (χ4n) is 2.24. The molecule has 1 heterocycles. The van der Waals surface area contributed by atoms with Crippen LogP contribution in [0.3, 0.4) is 0 Å². The number of benzene rings is 1. The summed E-state index contributed by atoms with van der Waals surface area (Å²) in [4.78, 5) is 34.5. The number of ether oxygens (including phenoxy) is 3. The molecule has 1 aromatic carbocycles. The van der Waals surface area contributed by atoms with Gasteiger partial charge in [-0.25, -0.2) is 10.2 Å². The number of amides is 2. The minimum absolute atomic E-state index is 0.0712. The average molecular weight is 417 g/mol. The smallest absolute Gasteiger partial charge is 0.373 e. The highest BCUT2D eigenvalue weighted by Gasteiger charge is 2.14. The molecular formula is C20H23N3O7. The van der Waals surface area contributed by atoms with Crippen LogP contribution in [0.4, 0.5) is 0 Å².